The highest BCUT2D eigenvalue weighted by molar-refractivity contribution is 7.99. The van der Waals surface area contributed by atoms with Crippen LogP contribution >= 0.6 is 24.2 Å². The van der Waals surface area contributed by atoms with Crippen LogP contribution < -0.4 is 0 Å². The summed E-state index contributed by atoms with van der Waals surface area (Å²) in [5.41, 5.74) is -1.93. The largest absolute Gasteiger partial charge is 0.461 e. The van der Waals surface area contributed by atoms with Crippen molar-refractivity contribution in [3.63, 3.8) is 0 Å². The average Bonchev–Trinajstić information content (AvgIpc) is 3.25. The molecule has 0 aromatic heterocycles. The third-order valence-electron chi connectivity index (χ3n) is 9.52. The predicted molar refractivity (Wildman–Crippen MR) is 147 cm³/mol. The van der Waals surface area contributed by atoms with Gasteiger partial charge in [-0.2, -0.15) is 0 Å². The number of carbonyl (C=O) groups is 2. The van der Waals surface area contributed by atoms with Crippen molar-refractivity contribution in [3.8, 4) is 0 Å². The minimum Gasteiger partial charge on any atom is -0.461 e. The van der Waals surface area contributed by atoms with Crippen LogP contribution in [0.2, 0.25) is 0 Å². The lowest BCUT2D eigenvalue weighted by atomic mass is 9.44. The maximum absolute atomic E-state index is 13.5. The van der Waals surface area contributed by atoms with Crippen molar-refractivity contribution in [1.82, 2.24) is 4.90 Å². The lowest BCUT2D eigenvalue weighted by Gasteiger charge is -2.61. The fourth-order valence-corrected chi connectivity index (χ4v) is 7.84. The van der Waals surface area contributed by atoms with Gasteiger partial charge in [0.25, 0.3) is 0 Å². The Labute approximate surface area is 237 Å². The van der Waals surface area contributed by atoms with E-state index in [2.05, 4.69) is 13.5 Å². The van der Waals surface area contributed by atoms with Crippen LogP contribution in [-0.4, -0.2) is 65.0 Å². The maximum atomic E-state index is 13.5. The Morgan fingerprint density at radius 2 is 2.03 bits per heavy atom. The lowest BCUT2D eigenvalue weighted by molar-refractivity contribution is -0.205. The third-order valence-corrected chi connectivity index (χ3v) is 10.4. The molecule has 0 radical (unpaired) electrons. The number of hydrogen-bond donors (Lipinski definition) is 1. The van der Waals surface area contributed by atoms with Crippen molar-refractivity contribution < 1.29 is 33.1 Å². The molecule has 2 bridgehead atoms. The molecule has 0 heterocycles. The van der Waals surface area contributed by atoms with Crippen LogP contribution in [-0.2, 0) is 14.3 Å². The van der Waals surface area contributed by atoms with E-state index in [1.807, 2.05) is 20.8 Å². The summed E-state index contributed by atoms with van der Waals surface area (Å²) in [7, 11) is 0. The van der Waals surface area contributed by atoms with Crippen LogP contribution in [0.4, 0.5) is 0 Å². The number of carbonyl (C=O) groups excluding carboxylic acids is 2. The number of rotatable bonds is 9. The molecule has 5 nitrogen and oxygen atoms in total. The zero-order valence-electron chi connectivity index (χ0n) is 31.3. The molecule has 0 aliphatic heterocycles. The zero-order chi connectivity index (χ0) is 33.9. The highest BCUT2D eigenvalue weighted by atomic mass is 35.5. The average molecular weight is 540 g/mol. The summed E-state index contributed by atoms with van der Waals surface area (Å²) in [6.07, 6.45) is 3.12. The number of esters is 1. The molecule has 0 amide bonds. The van der Waals surface area contributed by atoms with Gasteiger partial charge in [-0.1, -0.05) is 47.5 Å². The van der Waals surface area contributed by atoms with Gasteiger partial charge in [0.1, 0.15) is 11.9 Å². The van der Waals surface area contributed by atoms with Gasteiger partial charge in [-0.25, -0.2) is 0 Å². The molecule has 8 atom stereocenters. The smallest absolute Gasteiger partial charge is 0.316 e. The Morgan fingerprint density at radius 1 is 1.34 bits per heavy atom. The van der Waals surface area contributed by atoms with Crippen LogP contribution in [0.3, 0.4) is 0 Å². The summed E-state index contributed by atoms with van der Waals surface area (Å²) in [6, 6.07) is 0. The second-order valence-electron chi connectivity index (χ2n) is 11.0. The van der Waals surface area contributed by atoms with Gasteiger partial charge in [-0.3, -0.25) is 9.59 Å². The van der Waals surface area contributed by atoms with Gasteiger partial charge in [-0.05, 0) is 55.9 Å². The fraction of sp³-hybridized carbons (Fsp3) is 0.857. The number of ether oxygens (including phenoxy) is 1. The summed E-state index contributed by atoms with van der Waals surface area (Å²) in [4.78, 5) is 27.0. The molecule has 7 heteroatoms. The standard InChI is InChI=1S/C28H47NO4S.ClH/c1-8-26(6)17-22(33-23(31)18-34-16-15-29(9-2)10-3)27(7)19(4)11-13-28(20(5)25(26)32)14-12-21(30)24(27)28;/h8,19-20,22,24-25,32H,1,9-18H2,2-7H3;1H/t19-,20-,22+,24-,25-,26+,27-,28+;/m0./s1/i2D3,3D3,9D2,10D2;. The molecule has 0 aromatic rings. The molecule has 0 aromatic carbocycles. The molecule has 35 heavy (non-hydrogen) atoms. The van der Waals surface area contributed by atoms with Crippen LogP contribution in [0.25, 0.3) is 0 Å². The van der Waals surface area contributed by atoms with Crippen molar-refractivity contribution in [2.75, 3.05) is 31.0 Å². The number of ketones is 1. The molecule has 0 unspecified atom stereocenters. The summed E-state index contributed by atoms with van der Waals surface area (Å²) in [6.45, 7) is -1.90. The van der Waals surface area contributed by atoms with Gasteiger partial charge in [0.05, 0.1) is 11.9 Å². The van der Waals surface area contributed by atoms with Crippen molar-refractivity contribution in [2.45, 2.75) is 85.7 Å². The number of Topliss-reactive ketones (excluding diaryl/α,β-unsaturated/α-hetero) is 1. The van der Waals surface area contributed by atoms with E-state index in [1.165, 1.54) is 0 Å². The Kier molecular flexibility index (Phi) is 6.33. The van der Waals surface area contributed by atoms with Gasteiger partial charge in [-0.15, -0.1) is 30.7 Å². The molecule has 0 spiro atoms. The first-order valence-corrected chi connectivity index (χ1v) is 13.4. The first-order valence-electron chi connectivity index (χ1n) is 17.2. The number of hydrogen-bond acceptors (Lipinski definition) is 6. The van der Waals surface area contributed by atoms with E-state index in [1.54, 1.807) is 6.08 Å². The van der Waals surface area contributed by atoms with E-state index in [0.29, 0.717) is 12.8 Å². The fourth-order valence-electron chi connectivity index (χ4n) is 7.15. The van der Waals surface area contributed by atoms with Crippen LogP contribution in [0.15, 0.2) is 12.7 Å². The zero-order valence-corrected chi connectivity index (χ0v) is 22.9. The van der Waals surface area contributed by atoms with Gasteiger partial charge in [0.2, 0.25) is 0 Å². The molecule has 202 valence electrons. The second kappa shape index (κ2) is 11.9. The van der Waals surface area contributed by atoms with Crippen LogP contribution in [0.1, 0.15) is 87.2 Å². The summed E-state index contributed by atoms with van der Waals surface area (Å²) >= 11 is 0.936. The maximum Gasteiger partial charge on any atom is 0.316 e. The molecule has 3 saturated carbocycles. The Balaban J connectivity index is 0.00000705. The summed E-state index contributed by atoms with van der Waals surface area (Å²) in [5.74, 6) is -1.43. The van der Waals surface area contributed by atoms with Gasteiger partial charge in [0.15, 0.2) is 0 Å². The van der Waals surface area contributed by atoms with Gasteiger partial charge < -0.3 is 14.7 Å². The molecule has 3 aliphatic carbocycles. The van der Waals surface area contributed by atoms with Gasteiger partial charge in [0, 0.05) is 49.2 Å². The van der Waals surface area contributed by atoms with E-state index in [4.69, 9.17) is 18.4 Å². The van der Waals surface area contributed by atoms with E-state index in [0.717, 1.165) is 24.6 Å². The Morgan fingerprint density at radius 3 is 2.66 bits per heavy atom. The summed E-state index contributed by atoms with van der Waals surface area (Å²) < 4.78 is 83.6. The van der Waals surface area contributed by atoms with E-state index < -0.39 is 67.7 Å². The van der Waals surface area contributed by atoms with Crippen molar-refractivity contribution in [3.05, 3.63) is 12.7 Å². The first-order chi connectivity index (χ1) is 19.8. The molecule has 3 aliphatic rings. The van der Waals surface area contributed by atoms with E-state index in [9.17, 15) is 14.7 Å². The van der Waals surface area contributed by atoms with Crippen molar-refractivity contribution in [2.24, 2.45) is 34.0 Å². The molecule has 3 fully saturated rings. The normalized spacial score (nSPS) is 46.7. The highest BCUT2D eigenvalue weighted by Gasteiger charge is 2.68. The van der Waals surface area contributed by atoms with E-state index in [-0.39, 0.29) is 58.8 Å². The Bertz CT molecular complexity index is 1100. The van der Waals surface area contributed by atoms with Gasteiger partial charge >= 0.3 is 5.97 Å². The Hall–Kier alpha value is -0.560. The summed E-state index contributed by atoms with van der Waals surface area (Å²) in [5, 5.41) is 11.6. The number of aliphatic hydroxyl groups excluding tert-OH is 1. The third kappa shape index (κ3) is 5.37. The minimum atomic E-state index is -3.34. The number of aliphatic hydroxyl groups is 1. The number of nitrogens with zero attached hydrogens (tertiary/aromatic N) is 1. The quantitative estimate of drug-likeness (QED) is 0.241. The van der Waals surface area contributed by atoms with Crippen LogP contribution in [0, 0.1) is 34.0 Å². The topological polar surface area (TPSA) is 66.8 Å². The van der Waals surface area contributed by atoms with Crippen LogP contribution in [0.5, 0.6) is 0 Å². The molecule has 3 rings (SSSR count). The van der Waals surface area contributed by atoms with E-state index >= 15 is 0 Å². The molecule has 0 saturated heterocycles. The predicted octanol–water partition coefficient (Wildman–Crippen LogP) is 5.39. The number of halogens is 1. The monoisotopic (exact) mass is 539 g/mol. The highest BCUT2D eigenvalue weighted by Crippen LogP contribution is 2.67. The SMILES string of the molecule is Cl.[2H]C([2H])([2H])C([2H])([2H])N(CCSCC(=O)O[C@@H]1C[C@@](C)(C=C)[C@@H](O)[C@H](C)[C@@]23CCC(=O)[C@H]2[C@@]1(C)[C@@H](C)CC3)C([2H])([2H])C([2H])([2H])[2H]. The molecular weight excluding hydrogens is 482 g/mol. The molecule has 1 N–H and O–H groups in total. The first kappa shape index (κ1) is 18.7. The lowest BCUT2D eigenvalue weighted by Crippen LogP contribution is -2.63. The molecular formula is C28H48ClNO4S. The van der Waals surface area contributed by atoms with Crippen molar-refractivity contribution in [1.29, 1.82) is 0 Å². The minimum absolute atomic E-state index is 0. The van der Waals surface area contributed by atoms with Crippen molar-refractivity contribution >= 4 is 35.9 Å². The number of thioether (sulfide) groups is 1. The second-order valence-corrected chi connectivity index (χ2v) is 12.1.